The van der Waals surface area contributed by atoms with Crippen LogP contribution in [0.4, 0.5) is 0 Å². The first-order valence-electron chi connectivity index (χ1n) is 6.18. The van der Waals surface area contributed by atoms with Gasteiger partial charge in [0.15, 0.2) is 0 Å². The number of aryl methyl sites for hydroxylation is 1. The zero-order valence-corrected chi connectivity index (χ0v) is 11.6. The molecule has 0 radical (unpaired) electrons. The van der Waals surface area contributed by atoms with Gasteiger partial charge >= 0.3 is 0 Å². The number of rotatable bonds is 5. The van der Waals surface area contributed by atoms with E-state index in [2.05, 4.69) is 54.5 Å². The van der Waals surface area contributed by atoms with Crippen molar-refractivity contribution >= 4 is 11.8 Å². The average molecular weight is 258 g/mol. The molecule has 1 heterocycles. The van der Waals surface area contributed by atoms with Crippen molar-refractivity contribution in [1.82, 2.24) is 10.3 Å². The van der Waals surface area contributed by atoms with E-state index in [1.54, 1.807) is 11.8 Å². The largest absolute Gasteiger partial charge is 0.313 e. The summed E-state index contributed by atoms with van der Waals surface area (Å²) in [6, 6.07) is 12.6. The molecule has 3 heteroatoms. The Morgan fingerprint density at radius 1 is 1.22 bits per heavy atom. The van der Waals surface area contributed by atoms with Crippen molar-refractivity contribution in [3.8, 4) is 0 Å². The summed E-state index contributed by atoms with van der Waals surface area (Å²) in [5.74, 6) is 0. The van der Waals surface area contributed by atoms with Crippen LogP contribution in [0.2, 0.25) is 0 Å². The number of pyridine rings is 1. The summed E-state index contributed by atoms with van der Waals surface area (Å²) in [5.41, 5.74) is 2.54. The molecule has 0 amide bonds. The van der Waals surface area contributed by atoms with Crippen LogP contribution in [0.3, 0.4) is 0 Å². The summed E-state index contributed by atoms with van der Waals surface area (Å²) in [7, 11) is 0. The molecule has 0 aliphatic carbocycles. The van der Waals surface area contributed by atoms with Crippen LogP contribution in [-0.4, -0.2) is 11.5 Å². The molecular weight excluding hydrogens is 240 g/mol. The quantitative estimate of drug-likeness (QED) is 0.886. The van der Waals surface area contributed by atoms with Crippen LogP contribution in [0.25, 0.3) is 0 Å². The fraction of sp³-hybridized carbons (Fsp3) is 0.267. The number of aromatic nitrogens is 1. The summed E-state index contributed by atoms with van der Waals surface area (Å²) in [5, 5.41) is 4.44. The third-order valence-corrected chi connectivity index (χ3v) is 3.67. The molecule has 0 saturated carbocycles. The van der Waals surface area contributed by atoms with Gasteiger partial charge in [0.2, 0.25) is 0 Å². The van der Waals surface area contributed by atoms with Crippen LogP contribution in [0.5, 0.6) is 0 Å². The number of nitrogens with zero attached hydrogens (tertiary/aromatic N) is 1. The Hall–Kier alpha value is -1.32. The van der Waals surface area contributed by atoms with Crippen LogP contribution < -0.4 is 5.32 Å². The Morgan fingerprint density at radius 2 is 2.11 bits per heavy atom. The maximum Gasteiger partial charge on any atom is 0.105 e. The predicted octanol–water partition coefficient (Wildman–Crippen LogP) is 3.65. The van der Waals surface area contributed by atoms with Crippen molar-refractivity contribution in [2.75, 3.05) is 6.54 Å². The Bertz CT molecular complexity index is 511. The highest BCUT2D eigenvalue weighted by molar-refractivity contribution is 7.99. The van der Waals surface area contributed by atoms with E-state index in [1.165, 1.54) is 16.0 Å². The van der Waals surface area contributed by atoms with Crippen molar-refractivity contribution in [3.63, 3.8) is 0 Å². The average Bonchev–Trinajstić information content (AvgIpc) is 2.38. The number of nitrogens with one attached hydrogen (secondary N) is 1. The molecule has 0 saturated heterocycles. The molecule has 2 aromatic rings. The number of hydrogen-bond donors (Lipinski definition) is 1. The molecule has 18 heavy (non-hydrogen) atoms. The smallest absolute Gasteiger partial charge is 0.105 e. The zero-order valence-electron chi connectivity index (χ0n) is 10.8. The summed E-state index contributed by atoms with van der Waals surface area (Å²) < 4.78 is 0. The molecule has 0 aliphatic rings. The minimum atomic E-state index is 0.874. The molecule has 0 bridgehead atoms. The highest BCUT2D eigenvalue weighted by atomic mass is 32.2. The molecule has 0 unspecified atom stereocenters. The van der Waals surface area contributed by atoms with E-state index in [-0.39, 0.29) is 0 Å². The van der Waals surface area contributed by atoms with Gasteiger partial charge in [0.25, 0.3) is 0 Å². The third-order valence-electron chi connectivity index (χ3n) is 2.62. The molecular formula is C15H18N2S. The topological polar surface area (TPSA) is 24.9 Å². The molecule has 2 nitrogen and oxygen atoms in total. The van der Waals surface area contributed by atoms with Crippen molar-refractivity contribution in [3.05, 3.63) is 53.7 Å². The van der Waals surface area contributed by atoms with E-state index < -0.39 is 0 Å². The van der Waals surface area contributed by atoms with E-state index >= 15 is 0 Å². The van der Waals surface area contributed by atoms with Gasteiger partial charge in [-0.25, -0.2) is 4.98 Å². The maximum absolute atomic E-state index is 4.48. The van der Waals surface area contributed by atoms with Crippen LogP contribution in [0.15, 0.2) is 52.5 Å². The minimum Gasteiger partial charge on any atom is -0.313 e. The highest BCUT2D eigenvalue weighted by Gasteiger charge is 2.05. The maximum atomic E-state index is 4.48. The Kier molecular flexibility index (Phi) is 4.79. The molecule has 0 fully saturated rings. The summed E-state index contributed by atoms with van der Waals surface area (Å²) >= 11 is 1.73. The van der Waals surface area contributed by atoms with Crippen molar-refractivity contribution in [2.45, 2.75) is 30.3 Å². The molecule has 1 aromatic heterocycles. The fourth-order valence-corrected chi connectivity index (χ4v) is 2.70. The second kappa shape index (κ2) is 6.57. The van der Waals surface area contributed by atoms with E-state index in [9.17, 15) is 0 Å². The van der Waals surface area contributed by atoms with Crippen molar-refractivity contribution in [2.24, 2.45) is 0 Å². The Morgan fingerprint density at radius 3 is 2.89 bits per heavy atom. The lowest BCUT2D eigenvalue weighted by molar-refractivity contribution is 0.711. The monoisotopic (exact) mass is 258 g/mol. The standard InChI is InChI=1S/C15H18N2S/c1-3-16-11-13-7-5-9-17-15(13)18-14-8-4-6-12(2)10-14/h4-10,16H,3,11H2,1-2H3. The third kappa shape index (κ3) is 3.59. The van der Waals surface area contributed by atoms with E-state index in [4.69, 9.17) is 0 Å². The lowest BCUT2D eigenvalue weighted by Crippen LogP contribution is -2.12. The molecule has 1 N–H and O–H groups in total. The van der Waals surface area contributed by atoms with Gasteiger partial charge in [-0.1, -0.05) is 42.4 Å². The van der Waals surface area contributed by atoms with Crippen molar-refractivity contribution < 1.29 is 0 Å². The summed E-state index contributed by atoms with van der Waals surface area (Å²) in [4.78, 5) is 5.72. The second-order valence-corrected chi connectivity index (χ2v) is 5.23. The van der Waals surface area contributed by atoms with Gasteiger partial charge in [-0.15, -0.1) is 0 Å². The van der Waals surface area contributed by atoms with Gasteiger partial charge in [0.1, 0.15) is 5.03 Å². The van der Waals surface area contributed by atoms with Gasteiger partial charge in [-0.05, 0) is 37.2 Å². The minimum absolute atomic E-state index is 0.874. The van der Waals surface area contributed by atoms with Crippen LogP contribution in [0.1, 0.15) is 18.1 Å². The van der Waals surface area contributed by atoms with E-state index in [1.807, 2.05) is 12.3 Å². The highest BCUT2D eigenvalue weighted by Crippen LogP contribution is 2.28. The summed E-state index contributed by atoms with van der Waals surface area (Å²) in [6.45, 7) is 6.08. The van der Waals surface area contributed by atoms with Crippen LogP contribution in [0, 0.1) is 6.92 Å². The lowest BCUT2D eigenvalue weighted by Gasteiger charge is -2.08. The van der Waals surface area contributed by atoms with Crippen LogP contribution in [-0.2, 0) is 6.54 Å². The van der Waals surface area contributed by atoms with Crippen molar-refractivity contribution in [1.29, 1.82) is 0 Å². The summed E-state index contributed by atoms with van der Waals surface area (Å²) in [6.07, 6.45) is 1.85. The van der Waals surface area contributed by atoms with Gasteiger partial charge in [0, 0.05) is 17.6 Å². The first kappa shape index (κ1) is 13.1. The molecule has 2 rings (SSSR count). The SMILES string of the molecule is CCNCc1cccnc1Sc1cccc(C)c1. The van der Waals surface area contributed by atoms with Gasteiger partial charge < -0.3 is 5.32 Å². The van der Waals surface area contributed by atoms with E-state index in [0.29, 0.717) is 0 Å². The fourth-order valence-electron chi connectivity index (χ4n) is 1.70. The zero-order chi connectivity index (χ0) is 12.8. The number of hydrogen-bond acceptors (Lipinski definition) is 3. The lowest BCUT2D eigenvalue weighted by atomic mass is 10.2. The molecule has 94 valence electrons. The molecule has 1 aromatic carbocycles. The Labute approximate surface area is 113 Å². The molecule has 0 atom stereocenters. The molecule has 0 spiro atoms. The van der Waals surface area contributed by atoms with E-state index in [0.717, 1.165) is 18.1 Å². The van der Waals surface area contributed by atoms with Gasteiger partial charge in [-0.3, -0.25) is 0 Å². The van der Waals surface area contributed by atoms with Gasteiger partial charge in [0.05, 0.1) is 0 Å². The first-order valence-corrected chi connectivity index (χ1v) is 7.00. The molecule has 0 aliphatic heterocycles. The first-order chi connectivity index (χ1) is 8.79. The normalized spacial score (nSPS) is 10.6. The van der Waals surface area contributed by atoms with Gasteiger partial charge in [-0.2, -0.15) is 0 Å². The second-order valence-electron chi connectivity index (χ2n) is 4.17. The Balaban J connectivity index is 2.17. The number of benzene rings is 1. The van der Waals surface area contributed by atoms with Crippen LogP contribution >= 0.6 is 11.8 Å². The predicted molar refractivity (Wildman–Crippen MR) is 76.9 cm³/mol.